The normalized spacial score (nSPS) is 18.3. The summed E-state index contributed by atoms with van der Waals surface area (Å²) in [4.78, 5) is 28.8. The zero-order chi connectivity index (χ0) is 26.1. The van der Waals surface area contributed by atoms with Crippen LogP contribution in [-0.4, -0.2) is 77.1 Å². The van der Waals surface area contributed by atoms with E-state index >= 15 is 0 Å². The van der Waals surface area contributed by atoms with Gasteiger partial charge in [0.05, 0.1) is 49.6 Å². The Morgan fingerprint density at radius 3 is 2.18 bits per heavy atom. The lowest BCUT2D eigenvalue weighted by Crippen LogP contribution is -2.31. The molecular weight excluding hydrogens is 482 g/mol. The highest BCUT2D eigenvalue weighted by atomic mass is 16.5. The SMILES string of the molecule is CCN1CCOCCn2cc(c3ccccc32)C2=C(C(=O)NC2=O)c2nn(c3ccccc23)CCOCC1. The summed E-state index contributed by atoms with van der Waals surface area (Å²) in [5, 5.41) is 9.12. The quantitative estimate of drug-likeness (QED) is 0.394. The van der Waals surface area contributed by atoms with E-state index in [-0.39, 0.29) is 0 Å². The van der Waals surface area contributed by atoms with Gasteiger partial charge in [0.2, 0.25) is 0 Å². The molecule has 0 radical (unpaired) electrons. The summed E-state index contributed by atoms with van der Waals surface area (Å²) in [7, 11) is 0. The van der Waals surface area contributed by atoms with Gasteiger partial charge in [0.1, 0.15) is 5.69 Å². The van der Waals surface area contributed by atoms with Crippen LogP contribution in [0.15, 0.2) is 54.7 Å². The number of nitrogens with one attached hydrogen (secondary N) is 1. The minimum atomic E-state index is -0.428. The van der Waals surface area contributed by atoms with Crippen molar-refractivity contribution in [2.45, 2.75) is 20.0 Å². The average Bonchev–Trinajstić information content (AvgIpc) is 3.57. The van der Waals surface area contributed by atoms with E-state index in [9.17, 15) is 9.59 Å². The van der Waals surface area contributed by atoms with Crippen molar-refractivity contribution in [1.29, 1.82) is 0 Å². The highest BCUT2D eigenvalue weighted by molar-refractivity contribution is 6.50. The number of fused-ring (bicyclic) bond motifs is 12. The number of para-hydroxylation sites is 2. The maximum absolute atomic E-state index is 13.3. The summed E-state index contributed by atoms with van der Waals surface area (Å²) in [6.07, 6.45) is 1.96. The van der Waals surface area contributed by atoms with Crippen molar-refractivity contribution in [3.05, 3.63) is 66.0 Å². The van der Waals surface area contributed by atoms with Gasteiger partial charge in [-0.3, -0.25) is 24.5 Å². The molecule has 2 aliphatic heterocycles. The van der Waals surface area contributed by atoms with Gasteiger partial charge in [0, 0.05) is 47.7 Å². The van der Waals surface area contributed by atoms with Crippen LogP contribution in [0.4, 0.5) is 0 Å². The third kappa shape index (κ3) is 4.42. The number of carbonyl (C=O) groups is 2. The Labute approximate surface area is 220 Å². The monoisotopic (exact) mass is 513 g/mol. The van der Waals surface area contributed by atoms with E-state index in [1.807, 2.05) is 59.4 Å². The second kappa shape index (κ2) is 10.5. The van der Waals surface area contributed by atoms with Crippen LogP contribution in [-0.2, 0) is 32.2 Å². The summed E-state index contributed by atoms with van der Waals surface area (Å²) in [6, 6.07) is 15.8. The third-order valence-corrected chi connectivity index (χ3v) is 7.36. The molecule has 9 heteroatoms. The Bertz CT molecular complexity index is 1440. The number of amides is 2. The second-order valence-electron chi connectivity index (χ2n) is 9.53. The summed E-state index contributed by atoms with van der Waals surface area (Å²) >= 11 is 0. The number of hydrogen-bond acceptors (Lipinski definition) is 6. The molecule has 9 nitrogen and oxygen atoms in total. The van der Waals surface area contributed by atoms with E-state index < -0.39 is 11.8 Å². The number of ether oxygens (including phenoxy) is 2. The molecule has 0 atom stereocenters. The maximum Gasteiger partial charge on any atom is 0.261 e. The van der Waals surface area contributed by atoms with Gasteiger partial charge in [-0.15, -0.1) is 0 Å². The van der Waals surface area contributed by atoms with Crippen molar-refractivity contribution in [3.63, 3.8) is 0 Å². The zero-order valence-corrected chi connectivity index (χ0v) is 21.5. The molecule has 4 heterocycles. The summed E-state index contributed by atoms with van der Waals surface area (Å²) in [6.45, 7) is 8.18. The average molecular weight is 514 g/mol. The summed E-state index contributed by atoms with van der Waals surface area (Å²) in [5.41, 5.74) is 3.78. The van der Waals surface area contributed by atoms with E-state index in [2.05, 4.69) is 21.7 Å². The predicted molar refractivity (Wildman–Crippen MR) is 145 cm³/mol. The van der Waals surface area contributed by atoms with Crippen LogP contribution in [0.3, 0.4) is 0 Å². The van der Waals surface area contributed by atoms with Gasteiger partial charge >= 0.3 is 0 Å². The molecule has 4 bridgehead atoms. The van der Waals surface area contributed by atoms with Crippen LogP contribution in [0.1, 0.15) is 18.2 Å². The summed E-state index contributed by atoms with van der Waals surface area (Å²) in [5.74, 6) is -0.834. The fourth-order valence-electron chi connectivity index (χ4n) is 5.38. The van der Waals surface area contributed by atoms with Crippen molar-refractivity contribution >= 4 is 44.8 Å². The molecular formula is C29H31N5O4. The van der Waals surface area contributed by atoms with Crippen LogP contribution in [0.25, 0.3) is 33.0 Å². The Kier molecular flexibility index (Phi) is 6.80. The first-order valence-corrected chi connectivity index (χ1v) is 13.2. The Hall–Kier alpha value is -3.79. The first-order chi connectivity index (χ1) is 18.7. The number of nitrogens with zero attached hydrogens (tertiary/aromatic N) is 4. The molecule has 2 aliphatic rings. The highest BCUT2D eigenvalue weighted by Gasteiger charge is 2.36. The number of hydrogen-bond donors (Lipinski definition) is 1. The van der Waals surface area contributed by atoms with Gasteiger partial charge in [-0.2, -0.15) is 5.10 Å². The first-order valence-electron chi connectivity index (χ1n) is 13.2. The maximum atomic E-state index is 13.3. The molecule has 2 aromatic carbocycles. The van der Waals surface area contributed by atoms with E-state index in [4.69, 9.17) is 14.6 Å². The number of imide groups is 1. The standard InChI is InChI=1S/C29H31N5O4/c1-2-32-11-15-37-17-13-33-19-22(20-7-3-5-9-23(20)33)25-26(29(36)30-28(25)35)27-21-8-4-6-10-24(21)34(31-27)14-18-38-16-12-32/h3-10,19H,2,11-18H2,1H3,(H,30,35,36). The molecule has 4 aromatic rings. The molecule has 0 unspecified atom stereocenters. The number of carbonyl (C=O) groups excluding carboxylic acids is 2. The Morgan fingerprint density at radius 1 is 0.789 bits per heavy atom. The number of aromatic nitrogens is 3. The van der Waals surface area contributed by atoms with Gasteiger partial charge in [-0.1, -0.05) is 43.3 Å². The van der Waals surface area contributed by atoms with Crippen molar-refractivity contribution < 1.29 is 19.1 Å². The van der Waals surface area contributed by atoms with Gasteiger partial charge in [0.15, 0.2) is 0 Å². The number of likely N-dealkylation sites (N-methyl/N-ethyl adjacent to an activating group) is 1. The molecule has 2 amide bonds. The molecule has 0 spiro atoms. The Balaban J connectivity index is 1.51. The smallest absolute Gasteiger partial charge is 0.261 e. The van der Waals surface area contributed by atoms with E-state index in [1.54, 1.807) is 0 Å². The van der Waals surface area contributed by atoms with Gasteiger partial charge < -0.3 is 14.0 Å². The molecule has 0 aliphatic carbocycles. The fourth-order valence-corrected chi connectivity index (χ4v) is 5.38. The fraction of sp³-hybridized carbons (Fsp3) is 0.345. The molecule has 38 heavy (non-hydrogen) atoms. The Morgan fingerprint density at radius 2 is 1.42 bits per heavy atom. The predicted octanol–water partition coefficient (Wildman–Crippen LogP) is 2.93. The largest absolute Gasteiger partial charge is 0.378 e. The van der Waals surface area contributed by atoms with E-state index in [0.29, 0.717) is 56.4 Å². The molecule has 2 aromatic heterocycles. The van der Waals surface area contributed by atoms with Crippen molar-refractivity contribution in [2.24, 2.45) is 0 Å². The van der Waals surface area contributed by atoms with Crippen LogP contribution in [0, 0.1) is 0 Å². The van der Waals surface area contributed by atoms with E-state index in [1.165, 1.54) is 0 Å². The molecule has 0 fully saturated rings. The van der Waals surface area contributed by atoms with E-state index in [0.717, 1.165) is 47.0 Å². The van der Waals surface area contributed by atoms with Crippen LogP contribution < -0.4 is 5.32 Å². The van der Waals surface area contributed by atoms with Crippen LogP contribution in [0.2, 0.25) is 0 Å². The van der Waals surface area contributed by atoms with Crippen molar-refractivity contribution in [2.75, 3.05) is 46.1 Å². The summed E-state index contributed by atoms with van der Waals surface area (Å²) < 4.78 is 15.9. The minimum Gasteiger partial charge on any atom is -0.378 e. The van der Waals surface area contributed by atoms with Gasteiger partial charge in [-0.05, 0) is 18.7 Å². The number of rotatable bonds is 1. The second-order valence-corrected chi connectivity index (χ2v) is 9.53. The topological polar surface area (TPSA) is 90.6 Å². The molecule has 6 rings (SSSR count). The molecule has 0 saturated carbocycles. The van der Waals surface area contributed by atoms with Crippen molar-refractivity contribution in [3.8, 4) is 0 Å². The highest BCUT2D eigenvalue weighted by Crippen LogP contribution is 2.37. The van der Waals surface area contributed by atoms with Crippen LogP contribution in [0.5, 0.6) is 0 Å². The minimum absolute atomic E-state index is 0.307. The molecule has 0 saturated heterocycles. The third-order valence-electron chi connectivity index (χ3n) is 7.36. The number of benzene rings is 2. The lowest BCUT2D eigenvalue weighted by Gasteiger charge is -2.20. The molecule has 1 N–H and O–H groups in total. The van der Waals surface area contributed by atoms with Gasteiger partial charge in [0.25, 0.3) is 11.8 Å². The molecule has 196 valence electrons. The van der Waals surface area contributed by atoms with Crippen LogP contribution >= 0.6 is 0 Å². The van der Waals surface area contributed by atoms with Gasteiger partial charge in [-0.25, -0.2) is 0 Å². The lowest BCUT2D eigenvalue weighted by molar-refractivity contribution is -0.122. The lowest BCUT2D eigenvalue weighted by atomic mass is 9.97. The zero-order valence-electron chi connectivity index (χ0n) is 21.5. The first kappa shape index (κ1) is 24.5. The van der Waals surface area contributed by atoms with Crippen molar-refractivity contribution in [1.82, 2.24) is 24.6 Å².